The van der Waals surface area contributed by atoms with Crippen LogP contribution in [-0.2, 0) is 9.59 Å². The third-order valence-corrected chi connectivity index (χ3v) is 4.00. The highest BCUT2D eigenvalue weighted by Crippen LogP contribution is 2.32. The summed E-state index contributed by atoms with van der Waals surface area (Å²) < 4.78 is 11.2. The fraction of sp³-hybridized carbons (Fsp3) is 0.300. The number of amides is 2. The van der Waals surface area contributed by atoms with E-state index in [2.05, 4.69) is 10.6 Å². The lowest BCUT2D eigenvalue weighted by Crippen LogP contribution is -2.29. The second-order valence-electron chi connectivity index (χ2n) is 6.13. The summed E-state index contributed by atoms with van der Waals surface area (Å²) in [6, 6.07) is 14.4. The predicted molar refractivity (Wildman–Crippen MR) is 98.3 cm³/mol. The molecule has 0 saturated carbocycles. The Hall–Kier alpha value is -3.02. The minimum Gasteiger partial charge on any atom is -0.490 e. The summed E-state index contributed by atoms with van der Waals surface area (Å²) in [7, 11) is 0. The molecule has 0 aliphatic carbocycles. The molecule has 136 valence electrons. The molecule has 3 rings (SSSR count). The highest BCUT2D eigenvalue weighted by molar-refractivity contribution is 5.92. The van der Waals surface area contributed by atoms with Crippen molar-refractivity contribution in [3.63, 3.8) is 0 Å². The molecule has 0 fully saturated rings. The number of ether oxygens (including phenoxy) is 2. The van der Waals surface area contributed by atoms with Gasteiger partial charge >= 0.3 is 0 Å². The first-order chi connectivity index (χ1) is 12.6. The van der Waals surface area contributed by atoms with Crippen LogP contribution < -0.4 is 20.1 Å². The molecule has 0 radical (unpaired) electrons. The van der Waals surface area contributed by atoms with Gasteiger partial charge in [-0.3, -0.25) is 9.59 Å². The first kappa shape index (κ1) is 17.8. The van der Waals surface area contributed by atoms with Gasteiger partial charge in [0.05, 0.1) is 25.7 Å². The van der Waals surface area contributed by atoms with E-state index >= 15 is 0 Å². The van der Waals surface area contributed by atoms with Crippen LogP contribution in [0.3, 0.4) is 0 Å². The quantitative estimate of drug-likeness (QED) is 0.865. The van der Waals surface area contributed by atoms with Crippen LogP contribution in [0.4, 0.5) is 5.69 Å². The maximum Gasteiger partial charge on any atom is 0.226 e. The zero-order chi connectivity index (χ0) is 18.4. The van der Waals surface area contributed by atoms with Gasteiger partial charge < -0.3 is 20.1 Å². The van der Waals surface area contributed by atoms with E-state index < -0.39 is 0 Å². The van der Waals surface area contributed by atoms with Gasteiger partial charge in [0.15, 0.2) is 11.5 Å². The van der Waals surface area contributed by atoms with Gasteiger partial charge in [-0.25, -0.2) is 0 Å². The second-order valence-corrected chi connectivity index (χ2v) is 6.13. The van der Waals surface area contributed by atoms with Gasteiger partial charge in [-0.15, -0.1) is 0 Å². The van der Waals surface area contributed by atoms with E-state index in [0.29, 0.717) is 30.4 Å². The van der Waals surface area contributed by atoms with E-state index in [1.165, 1.54) is 6.92 Å². The first-order valence-electron chi connectivity index (χ1n) is 8.63. The maximum atomic E-state index is 12.5. The topological polar surface area (TPSA) is 76.7 Å². The Morgan fingerprint density at radius 3 is 2.50 bits per heavy atom. The standard InChI is InChI=1S/C20H22N2O4/c1-14(23)21-17(15-6-3-2-4-7-15)13-20(24)22-16-8-9-18-19(12-16)26-11-5-10-25-18/h2-4,6-9,12,17H,5,10-11,13H2,1H3,(H,21,23)(H,22,24). The van der Waals surface area contributed by atoms with Crippen LogP contribution in [0, 0.1) is 0 Å². The molecular formula is C20H22N2O4. The van der Waals surface area contributed by atoms with Crippen molar-refractivity contribution < 1.29 is 19.1 Å². The molecule has 1 atom stereocenters. The molecule has 1 unspecified atom stereocenters. The van der Waals surface area contributed by atoms with Gasteiger partial charge in [0, 0.05) is 25.1 Å². The summed E-state index contributed by atoms with van der Waals surface area (Å²) in [5.74, 6) is 0.937. The smallest absolute Gasteiger partial charge is 0.226 e. The van der Waals surface area contributed by atoms with Gasteiger partial charge in [-0.05, 0) is 17.7 Å². The van der Waals surface area contributed by atoms with Crippen molar-refractivity contribution in [1.29, 1.82) is 0 Å². The summed E-state index contributed by atoms with van der Waals surface area (Å²) in [4.78, 5) is 24.0. The summed E-state index contributed by atoms with van der Waals surface area (Å²) in [6.45, 7) is 2.65. The molecule has 2 aromatic carbocycles. The molecule has 6 nitrogen and oxygen atoms in total. The molecular weight excluding hydrogens is 332 g/mol. The SMILES string of the molecule is CC(=O)NC(CC(=O)Nc1ccc2c(c1)OCCCO2)c1ccccc1. The lowest BCUT2D eigenvalue weighted by Gasteiger charge is -2.18. The summed E-state index contributed by atoms with van der Waals surface area (Å²) in [5.41, 5.74) is 1.52. The third-order valence-electron chi connectivity index (χ3n) is 4.00. The summed E-state index contributed by atoms with van der Waals surface area (Å²) in [6.07, 6.45) is 0.962. The highest BCUT2D eigenvalue weighted by Gasteiger charge is 2.18. The molecule has 1 aliphatic heterocycles. The van der Waals surface area contributed by atoms with Crippen LogP contribution in [0.25, 0.3) is 0 Å². The number of fused-ring (bicyclic) bond motifs is 1. The van der Waals surface area contributed by atoms with E-state index in [4.69, 9.17) is 9.47 Å². The summed E-state index contributed by atoms with van der Waals surface area (Å²) >= 11 is 0. The number of carbonyl (C=O) groups excluding carboxylic acids is 2. The predicted octanol–water partition coefficient (Wildman–Crippen LogP) is 3.05. The van der Waals surface area contributed by atoms with Crippen molar-refractivity contribution in [3.8, 4) is 11.5 Å². The molecule has 6 heteroatoms. The zero-order valence-electron chi connectivity index (χ0n) is 14.7. The van der Waals surface area contributed by atoms with E-state index in [1.54, 1.807) is 18.2 Å². The monoisotopic (exact) mass is 354 g/mol. The molecule has 0 aromatic heterocycles. The molecule has 2 aromatic rings. The lowest BCUT2D eigenvalue weighted by atomic mass is 10.0. The average molecular weight is 354 g/mol. The Labute approximate surface area is 152 Å². The van der Waals surface area contributed by atoms with Crippen molar-refractivity contribution in [2.75, 3.05) is 18.5 Å². The second kappa shape index (κ2) is 8.38. The number of carbonyl (C=O) groups is 2. The lowest BCUT2D eigenvalue weighted by molar-refractivity contribution is -0.120. The van der Waals surface area contributed by atoms with Crippen molar-refractivity contribution in [2.24, 2.45) is 0 Å². The molecule has 1 aliphatic rings. The van der Waals surface area contributed by atoms with E-state index in [1.807, 2.05) is 30.3 Å². The van der Waals surface area contributed by atoms with Gasteiger partial charge in [-0.2, -0.15) is 0 Å². The van der Waals surface area contributed by atoms with E-state index in [0.717, 1.165) is 12.0 Å². The molecule has 0 bridgehead atoms. The van der Waals surface area contributed by atoms with Crippen LogP contribution in [0.2, 0.25) is 0 Å². The zero-order valence-corrected chi connectivity index (χ0v) is 14.7. The Kier molecular flexibility index (Phi) is 5.73. The molecule has 1 heterocycles. The van der Waals surface area contributed by atoms with Crippen LogP contribution >= 0.6 is 0 Å². The fourth-order valence-electron chi connectivity index (χ4n) is 2.82. The van der Waals surface area contributed by atoms with Crippen molar-refractivity contribution in [2.45, 2.75) is 25.8 Å². The Morgan fingerprint density at radius 2 is 1.77 bits per heavy atom. The molecule has 26 heavy (non-hydrogen) atoms. The number of nitrogens with one attached hydrogen (secondary N) is 2. The van der Waals surface area contributed by atoms with E-state index in [9.17, 15) is 9.59 Å². The Bertz CT molecular complexity index is 777. The number of hydrogen-bond donors (Lipinski definition) is 2. The molecule has 0 saturated heterocycles. The van der Waals surface area contributed by atoms with Crippen LogP contribution in [-0.4, -0.2) is 25.0 Å². The molecule has 2 N–H and O–H groups in total. The van der Waals surface area contributed by atoms with Crippen molar-refractivity contribution in [1.82, 2.24) is 5.32 Å². The van der Waals surface area contributed by atoms with Crippen molar-refractivity contribution in [3.05, 3.63) is 54.1 Å². The number of hydrogen-bond acceptors (Lipinski definition) is 4. The highest BCUT2D eigenvalue weighted by atomic mass is 16.5. The summed E-state index contributed by atoms with van der Waals surface area (Å²) in [5, 5.41) is 5.69. The van der Waals surface area contributed by atoms with Crippen LogP contribution in [0.1, 0.15) is 31.4 Å². The van der Waals surface area contributed by atoms with Crippen LogP contribution in [0.15, 0.2) is 48.5 Å². The van der Waals surface area contributed by atoms with Gasteiger partial charge in [-0.1, -0.05) is 30.3 Å². The maximum absolute atomic E-state index is 12.5. The fourth-order valence-corrected chi connectivity index (χ4v) is 2.82. The molecule has 0 spiro atoms. The largest absolute Gasteiger partial charge is 0.490 e. The minimum atomic E-state index is -0.380. The number of rotatable bonds is 5. The third kappa shape index (κ3) is 4.75. The Morgan fingerprint density at radius 1 is 1.04 bits per heavy atom. The Balaban J connectivity index is 1.68. The average Bonchev–Trinajstić information content (AvgIpc) is 2.86. The van der Waals surface area contributed by atoms with Gasteiger partial charge in [0.1, 0.15) is 0 Å². The van der Waals surface area contributed by atoms with Gasteiger partial charge in [0.25, 0.3) is 0 Å². The first-order valence-corrected chi connectivity index (χ1v) is 8.63. The minimum absolute atomic E-state index is 0.137. The number of benzene rings is 2. The van der Waals surface area contributed by atoms with E-state index in [-0.39, 0.29) is 24.3 Å². The normalized spacial score (nSPS) is 14.0. The molecule has 2 amide bonds. The number of anilines is 1. The van der Waals surface area contributed by atoms with Crippen molar-refractivity contribution >= 4 is 17.5 Å². The van der Waals surface area contributed by atoms with Crippen LogP contribution in [0.5, 0.6) is 11.5 Å². The van der Waals surface area contributed by atoms with Gasteiger partial charge in [0.2, 0.25) is 11.8 Å².